The van der Waals surface area contributed by atoms with Crippen LogP contribution >= 0.6 is 11.8 Å². The molecule has 1 aromatic rings. The molecule has 1 aliphatic rings. The van der Waals surface area contributed by atoms with E-state index in [1.54, 1.807) is 41.2 Å². The molecule has 0 aromatic carbocycles. The molecule has 6 heteroatoms. The summed E-state index contributed by atoms with van der Waals surface area (Å²) >= 11 is 1.60. The second-order valence-electron chi connectivity index (χ2n) is 5.77. The Morgan fingerprint density at radius 1 is 1.35 bits per heavy atom. The number of aromatic nitrogens is 1. The van der Waals surface area contributed by atoms with Crippen LogP contribution in [0.3, 0.4) is 0 Å². The predicted molar refractivity (Wildman–Crippen MR) is 79.4 cm³/mol. The lowest BCUT2D eigenvalue weighted by molar-refractivity contribution is -0.125. The van der Waals surface area contributed by atoms with Crippen LogP contribution in [0, 0.1) is 0 Å². The van der Waals surface area contributed by atoms with E-state index in [2.05, 4.69) is 10.3 Å². The minimum Gasteiger partial charge on any atom is -0.350 e. The standard InChI is InChI=1S/C14H19N3O2S/c1-14(2,3)16-12(18)11-8-20-9-17(11)13(19)10-4-6-15-7-5-10/h4-7,11H,8-9H2,1-3H3,(H,16,18)/t11-/m1/s1. The molecule has 5 nitrogen and oxygen atoms in total. The fourth-order valence-corrected chi connectivity index (χ4v) is 3.13. The molecule has 108 valence electrons. The van der Waals surface area contributed by atoms with Crippen molar-refractivity contribution in [2.45, 2.75) is 32.4 Å². The van der Waals surface area contributed by atoms with E-state index in [1.807, 2.05) is 20.8 Å². The van der Waals surface area contributed by atoms with Crippen LogP contribution in [0.4, 0.5) is 0 Å². The van der Waals surface area contributed by atoms with Gasteiger partial charge in [-0.2, -0.15) is 0 Å². The van der Waals surface area contributed by atoms with Crippen LogP contribution in [0.1, 0.15) is 31.1 Å². The van der Waals surface area contributed by atoms with E-state index in [0.29, 0.717) is 17.2 Å². The van der Waals surface area contributed by atoms with E-state index in [1.165, 1.54) is 0 Å². The molecular weight excluding hydrogens is 274 g/mol. The van der Waals surface area contributed by atoms with Gasteiger partial charge in [0, 0.05) is 29.2 Å². The van der Waals surface area contributed by atoms with Crippen LogP contribution in [0.5, 0.6) is 0 Å². The molecule has 1 saturated heterocycles. The van der Waals surface area contributed by atoms with E-state index < -0.39 is 6.04 Å². The number of carbonyl (C=O) groups excluding carboxylic acids is 2. The van der Waals surface area contributed by atoms with Gasteiger partial charge in [0.15, 0.2) is 0 Å². The highest BCUT2D eigenvalue weighted by Gasteiger charge is 2.36. The van der Waals surface area contributed by atoms with Crippen molar-refractivity contribution in [3.05, 3.63) is 30.1 Å². The first kappa shape index (κ1) is 14.8. The molecule has 1 N–H and O–H groups in total. The maximum Gasteiger partial charge on any atom is 0.255 e. The molecule has 0 aliphatic carbocycles. The average Bonchev–Trinajstić information content (AvgIpc) is 2.86. The molecule has 0 saturated carbocycles. The topological polar surface area (TPSA) is 62.3 Å². The largest absolute Gasteiger partial charge is 0.350 e. The van der Waals surface area contributed by atoms with Crippen LogP contribution in [0.15, 0.2) is 24.5 Å². The third kappa shape index (κ3) is 3.50. The Morgan fingerprint density at radius 3 is 2.60 bits per heavy atom. The Hall–Kier alpha value is -1.56. The lowest BCUT2D eigenvalue weighted by Gasteiger charge is -2.27. The number of rotatable bonds is 2. The summed E-state index contributed by atoms with van der Waals surface area (Å²) in [6, 6.07) is 2.94. The Bertz CT molecular complexity index is 499. The Labute approximate surface area is 123 Å². The second-order valence-corrected chi connectivity index (χ2v) is 6.77. The molecule has 1 aromatic heterocycles. The number of hydrogen-bond donors (Lipinski definition) is 1. The maximum atomic E-state index is 12.4. The zero-order valence-electron chi connectivity index (χ0n) is 11.9. The van der Waals surface area contributed by atoms with Gasteiger partial charge in [-0.15, -0.1) is 11.8 Å². The molecule has 2 rings (SSSR count). The fraction of sp³-hybridized carbons (Fsp3) is 0.500. The van der Waals surface area contributed by atoms with Crippen molar-refractivity contribution >= 4 is 23.6 Å². The number of amides is 2. The van der Waals surface area contributed by atoms with E-state index >= 15 is 0 Å². The zero-order chi connectivity index (χ0) is 14.8. The van der Waals surface area contributed by atoms with Gasteiger partial charge in [-0.1, -0.05) is 0 Å². The summed E-state index contributed by atoms with van der Waals surface area (Å²) in [5.74, 6) is 0.971. The Kier molecular flexibility index (Phi) is 4.32. The maximum absolute atomic E-state index is 12.4. The van der Waals surface area contributed by atoms with Gasteiger partial charge in [-0.05, 0) is 32.9 Å². The van der Waals surface area contributed by atoms with Gasteiger partial charge in [0.1, 0.15) is 6.04 Å². The molecule has 2 amide bonds. The fourth-order valence-electron chi connectivity index (χ4n) is 1.97. The van der Waals surface area contributed by atoms with Crippen molar-refractivity contribution in [1.29, 1.82) is 0 Å². The number of nitrogens with one attached hydrogen (secondary N) is 1. The molecule has 1 fully saturated rings. The molecule has 0 spiro atoms. The molecule has 2 heterocycles. The van der Waals surface area contributed by atoms with Crippen molar-refractivity contribution in [1.82, 2.24) is 15.2 Å². The van der Waals surface area contributed by atoms with Gasteiger partial charge in [0.05, 0.1) is 5.88 Å². The molecule has 0 bridgehead atoms. The number of thioether (sulfide) groups is 1. The number of nitrogens with zero attached hydrogens (tertiary/aromatic N) is 2. The number of pyridine rings is 1. The Morgan fingerprint density at radius 2 is 2.00 bits per heavy atom. The molecule has 0 unspecified atom stereocenters. The molecule has 20 heavy (non-hydrogen) atoms. The molecule has 1 aliphatic heterocycles. The lowest BCUT2D eigenvalue weighted by atomic mass is 10.1. The van der Waals surface area contributed by atoms with Crippen LogP contribution in [0.2, 0.25) is 0 Å². The van der Waals surface area contributed by atoms with Crippen molar-refractivity contribution in [2.75, 3.05) is 11.6 Å². The first-order valence-electron chi connectivity index (χ1n) is 6.49. The third-order valence-electron chi connectivity index (χ3n) is 2.87. The Balaban J connectivity index is 2.11. The normalized spacial score (nSPS) is 18.9. The quantitative estimate of drug-likeness (QED) is 0.898. The van der Waals surface area contributed by atoms with Gasteiger partial charge >= 0.3 is 0 Å². The highest BCUT2D eigenvalue weighted by atomic mass is 32.2. The summed E-state index contributed by atoms with van der Waals surface area (Å²) in [5, 5.41) is 2.94. The average molecular weight is 293 g/mol. The summed E-state index contributed by atoms with van der Waals surface area (Å²) < 4.78 is 0. The van der Waals surface area contributed by atoms with E-state index in [9.17, 15) is 9.59 Å². The van der Waals surface area contributed by atoms with Gasteiger partial charge in [-0.25, -0.2) is 0 Å². The SMILES string of the molecule is CC(C)(C)NC(=O)[C@H]1CSCN1C(=O)c1ccncc1. The van der Waals surface area contributed by atoms with Crippen LogP contribution in [0.25, 0.3) is 0 Å². The first-order valence-corrected chi connectivity index (χ1v) is 7.65. The second kappa shape index (κ2) is 5.83. The van der Waals surface area contributed by atoms with E-state index in [-0.39, 0.29) is 17.4 Å². The third-order valence-corrected chi connectivity index (χ3v) is 3.88. The molecular formula is C14H19N3O2S. The zero-order valence-corrected chi connectivity index (χ0v) is 12.7. The van der Waals surface area contributed by atoms with E-state index in [4.69, 9.17) is 0 Å². The minimum absolute atomic E-state index is 0.0927. The van der Waals surface area contributed by atoms with Crippen LogP contribution < -0.4 is 5.32 Å². The summed E-state index contributed by atoms with van der Waals surface area (Å²) in [4.78, 5) is 30.2. The number of carbonyl (C=O) groups is 2. The van der Waals surface area contributed by atoms with Crippen molar-refractivity contribution < 1.29 is 9.59 Å². The van der Waals surface area contributed by atoms with Gasteiger partial charge in [0.25, 0.3) is 5.91 Å². The van der Waals surface area contributed by atoms with E-state index in [0.717, 1.165) is 0 Å². The monoisotopic (exact) mass is 293 g/mol. The smallest absolute Gasteiger partial charge is 0.255 e. The summed E-state index contributed by atoms with van der Waals surface area (Å²) in [6.45, 7) is 5.80. The van der Waals surface area contributed by atoms with Crippen molar-refractivity contribution in [3.63, 3.8) is 0 Å². The van der Waals surface area contributed by atoms with Crippen LogP contribution in [-0.4, -0.2) is 44.9 Å². The first-order chi connectivity index (χ1) is 9.38. The van der Waals surface area contributed by atoms with Gasteiger partial charge in [0.2, 0.25) is 5.91 Å². The summed E-state index contributed by atoms with van der Waals surface area (Å²) in [7, 11) is 0. The number of hydrogen-bond acceptors (Lipinski definition) is 4. The highest BCUT2D eigenvalue weighted by Crippen LogP contribution is 2.23. The summed E-state index contributed by atoms with van der Waals surface area (Å²) in [5.41, 5.74) is 0.270. The minimum atomic E-state index is -0.403. The predicted octanol–water partition coefficient (Wildman–Crippen LogP) is 1.51. The molecule has 0 radical (unpaired) electrons. The van der Waals surface area contributed by atoms with Crippen LogP contribution in [-0.2, 0) is 4.79 Å². The molecule has 1 atom stereocenters. The van der Waals surface area contributed by atoms with Gasteiger partial charge in [-0.3, -0.25) is 14.6 Å². The van der Waals surface area contributed by atoms with Gasteiger partial charge < -0.3 is 10.2 Å². The summed E-state index contributed by atoms with van der Waals surface area (Å²) in [6.07, 6.45) is 3.17. The van der Waals surface area contributed by atoms with Crippen molar-refractivity contribution in [2.24, 2.45) is 0 Å². The van der Waals surface area contributed by atoms with Crippen molar-refractivity contribution in [3.8, 4) is 0 Å². The lowest BCUT2D eigenvalue weighted by Crippen LogP contribution is -2.52. The highest BCUT2D eigenvalue weighted by molar-refractivity contribution is 7.99.